The molecule has 1 amide bonds. The van der Waals surface area contributed by atoms with Gasteiger partial charge in [0.15, 0.2) is 0 Å². The molecule has 5 nitrogen and oxygen atoms in total. The molecule has 1 aromatic heterocycles. The summed E-state index contributed by atoms with van der Waals surface area (Å²) in [5.41, 5.74) is 0.754. The largest absolute Gasteiger partial charge is 0.390 e. The van der Waals surface area contributed by atoms with Crippen molar-refractivity contribution >= 4 is 23.2 Å². The van der Waals surface area contributed by atoms with E-state index in [2.05, 4.69) is 10.3 Å². The van der Waals surface area contributed by atoms with Crippen LogP contribution in [0.3, 0.4) is 0 Å². The fraction of sp³-hybridized carbons (Fsp3) is 0.333. The van der Waals surface area contributed by atoms with Crippen LogP contribution < -0.4 is 5.32 Å². The lowest BCUT2D eigenvalue weighted by molar-refractivity contribution is -0.133. The quantitative estimate of drug-likeness (QED) is 0.916. The Morgan fingerprint density at radius 1 is 1.52 bits per heavy atom. The minimum absolute atomic E-state index is 0.0760. The summed E-state index contributed by atoms with van der Waals surface area (Å²) in [5.74, 6) is -0.208. The molecule has 0 unspecified atom stereocenters. The van der Waals surface area contributed by atoms with E-state index in [0.717, 1.165) is 5.69 Å². The number of carbonyl (C=O) groups excluding carboxylic acids is 1. The summed E-state index contributed by atoms with van der Waals surface area (Å²) < 4.78 is 1.80. The molecule has 1 fully saturated rings. The summed E-state index contributed by atoms with van der Waals surface area (Å²) in [4.78, 5) is 16.0. The Morgan fingerprint density at radius 2 is 2.29 bits per heavy atom. The number of rotatable bonds is 3. The molecule has 6 heteroatoms. The second-order valence-electron chi connectivity index (χ2n) is 5.73. The van der Waals surface area contributed by atoms with Gasteiger partial charge in [0.25, 0.3) is 0 Å². The highest BCUT2D eigenvalue weighted by Gasteiger charge is 2.42. The number of hydrogen-bond acceptors (Lipinski definition) is 3. The van der Waals surface area contributed by atoms with E-state index in [9.17, 15) is 9.90 Å². The van der Waals surface area contributed by atoms with Crippen molar-refractivity contribution in [1.82, 2.24) is 9.55 Å². The summed E-state index contributed by atoms with van der Waals surface area (Å²) in [7, 11) is 0. The summed E-state index contributed by atoms with van der Waals surface area (Å²) in [6.07, 6.45) is 6.14. The smallest absolute Gasteiger partial charge is 0.227 e. The molecule has 1 heterocycles. The van der Waals surface area contributed by atoms with Crippen molar-refractivity contribution in [3.63, 3.8) is 0 Å². The van der Waals surface area contributed by atoms with E-state index in [-0.39, 0.29) is 11.8 Å². The first kappa shape index (κ1) is 14.1. The van der Waals surface area contributed by atoms with Crippen LogP contribution in [-0.2, 0) is 4.79 Å². The van der Waals surface area contributed by atoms with Crippen LogP contribution in [0.5, 0.6) is 0 Å². The average Bonchev–Trinajstić information content (AvgIpc) is 2.89. The minimum atomic E-state index is -0.703. The molecule has 0 saturated heterocycles. The number of nitrogens with one attached hydrogen (secondary N) is 1. The Bertz CT molecular complexity index is 660. The lowest BCUT2D eigenvalue weighted by Gasteiger charge is -2.39. The predicted octanol–water partition coefficient (Wildman–Crippen LogP) is 2.63. The summed E-state index contributed by atoms with van der Waals surface area (Å²) >= 11 is 6.24. The Labute approximate surface area is 127 Å². The van der Waals surface area contributed by atoms with E-state index in [1.165, 1.54) is 0 Å². The van der Waals surface area contributed by atoms with Crippen molar-refractivity contribution in [1.29, 1.82) is 0 Å². The van der Waals surface area contributed by atoms with Crippen LogP contribution in [0.1, 0.15) is 19.8 Å². The van der Waals surface area contributed by atoms with Gasteiger partial charge in [-0.05, 0) is 38.0 Å². The van der Waals surface area contributed by atoms with Gasteiger partial charge >= 0.3 is 0 Å². The van der Waals surface area contributed by atoms with E-state index in [1.54, 1.807) is 42.3 Å². The van der Waals surface area contributed by atoms with Crippen LogP contribution in [-0.4, -0.2) is 26.2 Å². The second-order valence-corrected chi connectivity index (χ2v) is 6.13. The molecular formula is C15H16ClN3O2. The van der Waals surface area contributed by atoms with E-state index >= 15 is 0 Å². The number of halogens is 1. The Kier molecular flexibility index (Phi) is 3.47. The van der Waals surface area contributed by atoms with Gasteiger partial charge < -0.3 is 15.0 Å². The van der Waals surface area contributed by atoms with Crippen LogP contribution in [0.4, 0.5) is 5.69 Å². The molecule has 0 radical (unpaired) electrons. The minimum Gasteiger partial charge on any atom is -0.390 e. The molecule has 0 bridgehead atoms. The molecule has 21 heavy (non-hydrogen) atoms. The fourth-order valence-corrected chi connectivity index (χ4v) is 2.91. The van der Waals surface area contributed by atoms with Crippen LogP contribution in [0.2, 0.25) is 5.02 Å². The first-order valence-corrected chi connectivity index (χ1v) is 7.13. The van der Waals surface area contributed by atoms with E-state index in [1.807, 2.05) is 6.07 Å². The number of carbonyl (C=O) groups is 1. The van der Waals surface area contributed by atoms with Gasteiger partial charge in [-0.1, -0.05) is 11.6 Å². The summed E-state index contributed by atoms with van der Waals surface area (Å²) in [6, 6.07) is 5.35. The van der Waals surface area contributed by atoms with Gasteiger partial charge in [0.05, 0.1) is 22.6 Å². The number of hydrogen-bond donors (Lipinski definition) is 2. The topological polar surface area (TPSA) is 67.2 Å². The SMILES string of the molecule is CC1(O)CC(C(=O)Nc2ccc(-n3ccnc3)c(Cl)c2)C1. The number of amides is 1. The van der Waals surface area contributed by atoms with Gasteiger partial charge in [-0.25, -0.2) is 4.98 Å². The third kappa shape index (κ3) is 2.94. The van der Waals surface area contributed by atoms with E-state index < -0.39 is 5.60 Å². The molecule has 0 spiro atoms. The zero-order valence-corrected chi connectivity index (χ0v) is 12.3. The van der Waals surface area contributed by atoms with Gasteiger partial charge in [0, 0.05) is 24.0 Å². The molecule has 3 rings (SSSR count). The molecule has 0 atom stereocenters. The zero-order chi connectivity index (χ0) is 15.0. The second kappa shape index (κ2) is 5.16. The van der Waals surface area contributed by atoms with Crippen molar-refractivity contribution in [2.24, 2.45) is 5.92 Å². The van der Waals surface area contributed by atoms with Gasteiger partial charge in [-0.15, -0.1) is 0 Å². The van der Waals surface area contributed by atoms with E-state index in [0.29, 0.717) is 23.6 Å². The van der Waals surface area contributed by atoms with Crippen molar-refractivity contribution in [3.05, 3.63) is 41.9 Å². The number of aromatic nitrogens is 2. The van der Waals surface area contributed by atoms with Gasteiger partial charge in [-0.2, -0.15) is 0 Å². The number of nitrogens with zero attached hydrogens (tertiary/aromatic N) is 2. The normalized spacial score (nSPS) is 24.4. The Balaban J connectivity index is 1.70. The number of benzene rings is 1. The third-order valence-electron chi connectivity index (χ3n) is 3.74. The molecule has 2 N–H and O–H groups in total. The summed E-state index contributed by atoms with van der Waals surface area (Å²) in [5, 5.41) is 13.0. The van der Waals surface area contributed by atoms with Crippen molar-refractivity contribution in [3.8, 4) is 5.69 Å². The molecule has 0 aliphatic heterocycles. The Hall–Kier alpha value is -1.85. The lowest BCUT2D eigenvalue weighted by atomic mass is 9.72. The molecule has 1 aliphatic rings. The number of imidazole rings is 1. The fourth-order valence-electron chi connectivity index (χ4n) is 2.63. The monoisotopic (exact) mass is 305 g/mol. The first-order valence-electron chi connectivity index (χ1n) is 6.76. The first-order chi connectivity index (χ1) is 9.94. The third-order valence-corrected chi connectivity index (χ3v) is 4.04. The highest BCUT2D eigenvalue weighted by molar-refractivity contribution is 6.32. The zero-order valence-electron chi connectivity index (χ0n) is 11.6. The molecular weight excluding hydrogens is 290 g/mol. The highest BCUT2D eigenvalue weighted by atomic mass is 35.5. The molecule has 2 aromatic rings. The van der Waals surface area contributed by atoms with Crippen molar-refractivity contribution in [2.75, 3.05) is 5.32 Å². The summed E-state index contributed by atoms with van der Waals surface area (Å²) in [6.45, 7) is 1.74. The van der Waals surface area contributed by atoms with Gasteiger partial charge in [0.2, 0.25) is 5.91 Å². The molecule has 1 saturated carbocycles. The average molecular weight is 306 g/mol. The Morgan fingerprint density at radius 3 is 2.86 bits per heavy atom. The van der Waals surface area contributed by atoms with Crippen LogP contribution in [0, 0.1) is 5.92 Å². The van der Waals surface area contributed by atoms with Crippen LogP contribution in [0.25, 0.3) is 5.69 Å². The maximum absolute atomic E-state index is 12.0. The standard InChI is InChI=1S/C15H16ClN3O2/c1-15(21)7-10(8-15)14(20)18-11-2-3-13(12(16)6-11)19-5-4-17-9-19/h2-6,9-10,21H,7-8H2,1H3,(H,18,20). The molecule has 1 aromatic carbocycles. The van der Waals surface area contributed by atoms with Crippen molar-refractivity contribution in [2.45, 2.75) is 25.4 Å². The number of aliphatic hydroxyl groups is 1. The van der Waals surface area contributed by atoms with Gasteiger partial charge in [0.1, 0.15) is 0 Å². The van der Waals surface area contributed by atoms with E-state index in [4.69, 9.17) is 11.6 Å². The van der Waals surface area contributed by atoms with Gasteiger partial charge in [-0.3, -0.25) is 4.79 Å². The molecule has 110 valence electrons. The molecule has 1 aliphatic carbocycles. The maximum Gasteiger partial charge on any atom is 0.227 e. The predicted molar refractivity (Wildman–Crippen MR) is 80.6 cm³/mol. The highest BCUT2D eigenvalue weighted by Crippen LogP contribution is 2.38. The van der Waals surface area contributed by atoms with Crippen molar-refractivity contribution < 1.29 is 9.90 Å². The lowest BCUT2D eigenvalue weighted by Crippen LogP contribution is -2.46. The maximum atomic E-state index is 12.0. The van der Waals surface area contributed by atoms with Crippen LogP contribution >= 0.6 is 11.6 Å². The number of anilines is 1. The van der Waals surface area contributed by atoms with Crippen LogP contribution in [0.15, 0.2) is 36.9 Å².